The zero-order chi connectivity index (χ0) is 20.4. The van der Waals surface area contributed by atoms with Crippen LogP contribution in [-0.2, 0) is 4.74 Å². The molecule has 6 nitrogen and oxygen atoms in total. The van der Waals surface area contributed by atoms with Gasteiger partial charge in [-0.2, -0.15) is 0 Å². The Balaban J connectivity index is 1.59. The van der Waals surface area contributed by atoms with Crippen LogP contribution in [0.1, 0.15) is 28.3 Å². The monoisotopic (exact) mass is 433 g/mol. The lowest BCUT2D eigenvalue weighted by molar-refractivity contribution is 0.0376. The number of morpholine rings is 1. The van der Waals surface area contributed by atoms with Crippen LogP contribution in [-0.4, -0.2) is 55.2 Å². The Labute approximate surface area is 179 Å². The lowest BCUT2D eigenvalue weighted by Gasteiger charge is -2.27. The second kappa shape index (κ2) is 8.83. The lowest BCUT2D eigenvalue weighted by atomic mass is 10.2. The van der Waals surface area contributed by atoms with Crippen molar-refractivity contribution in [3.8, 4) is 0 Å². The number of benzene rings is 1. The van der Waals surface area contributed by atoms with Crippen LogP contribution in [0.25, 0.3) is 10.2 Å². The Kier molecular flexibility index (Phi) is 6.20. The van der Waals surface area contributed by atoms with Crippen molar-refractivity contribution in [2.24, 2.45) is 0 Å². The van der Waals surface area contributed by atoms with Crippen LogP contribution in [0, 0.1) is 13.8 Å². The standard InChI is InChI=1S/C21H24ClN3O3S/c1-14-13-16(15(2)28-14)20(26)25(8-4-7-24-9-11-27-12-10-24)21-23-19-17(22)5-3-6-18(19)29-21/h3,5-6,13H,4,7-12H2,1-2H3. The molecule has 3 aromatic rings. The Morgan fingerprint density at radius 2 is 2.10 bits per heavy atom. The summed E-state index contributed by atoms with van der Waals surface area (Å²) in [6.07, 6.45) is 0.852. The molecule has 0 radical (unpaired) electrons. The second-order valence-electron chi connectivity index (χ2n) is 7.17. The predicted octanol–water partition coefficient (Wildman–Crippen LogP) is 4.53. The molecule has 1 aromatic carbocycles. The van der Waals surface area contributed by atoms with Crippen LogP contribution in [0.3, 0.4) is 0 Å². The second-order valence-corrected chi connectivity index (χ2v) is 8.59. The number of aryl methyl sites for hydroxylation is 2. The molecule has 3 heterocycles. The van der Waals surface area contributed by atoms with E-state index in [1.165, 1.54) is 11.3 Å². The van der Waals surface area contributed by atoms with E-state index in [4.69, 9.17) is 20.8 Å². The molecular formula is C21H24ClN3O3S. The van der Waals surface area contributed by atoms with Crippen molar-refractivity contribution in [1.29, 1.82) is 0 Å². The Hall–Kier alpha value is -1.93. The molecule has 0 aliphatic carbocycles. The number of para-hydroxylation sites is 1. The number of carbonyl (C=O) groups excluding carboxylic acids is 1. The Morgan fingerprint density at radius 3 is 2.79 bits per heavy atom. The number of thiazole rings is 1. The van der Waals surface area contributed by atoms with Gasteiger partial charge in [-0.1, -0.05) is 29.0 Å². The maximum absolute atomic E-state index is 13.4. The number of ether oxygens (including phenoxy) is 1. The summed E-state index contributed by atoms with van der Waals surface area (Å²) in [7, 11) is 0. The molecule has 1 fully saturated rings. The smallest absolute Gasteiger partial charge is 0.263 e. The van der Waals surface area contributed by atoms with Gasteiger partial charge in [-0.3, -0.25) is 14.6 Å². The highest BCUT2D eigenvalue weighted by molar-refractivity contribution is 7.22. The number of amides is 1. The summed E-state index contributed by atoms with van der Waals surface area (Å²) in [5, 5.41) is 1.26. The molecule has 0 spiro atoms. The Morgan fingerprint density at radius 1 is 1.31 bits per heavy atom. The van der Waals surface area contributed by atoms with E-state index < -0.39 is 0 Å². The van der Waals surface area contributed by atoms with Crippen LogP contribution in [0.15, 0.2) is 28.7 Å². The summed E-state index contributed by atoms with van der Waals surface area (Å²) in [6, 6.07) is 7.50. The first kappa shape index (κ1) is 20.3. The fraction of sp³-hybridized carbons (Fsp3) is 0.429. The highest BCUT2D eigenvalue weighted by Crippen LogP contribution is 2.34. The van der Waals surface area contributed by atoms with Gasteiger partial charge in [0.15, 0.2) is 5.13 Å². The molecule has 1 amide bonds. The van der Waals surface area contributed by atoms with Gasteiger partial charge in [-0.25, -0.2) is 4.98 Å². The van der Waals surface area contributed by atoms with Crippen molar-refractivity contribution in [3.05, 3.63) is 46.4 Å². The number of carbonyl (C=O) groups is 1. The maximum Gasteiger partial charge on any atom is 0.263 e. The van der Waals surface area contributed by atoms with E-state index >= 15 is 0 Å². The minimum atomic E-state index is -0.0866. The topological polar surface area (TPSA) is 58.8 Å². The minimum Gasteiger partial charge on any atom is -0.466 e. The van der Waals surface area contributed by atoms with E-state index in [1.807, 2.05) is 32.0 Å². The molecule has 1 aliphatic rings. The third-order valence-electron chi connectivity index (χ3n) is 5.07. The van der Waals surface area contributed by atoms with Gasteiger partial charge in [0.2, 0.25) is 0 Å². The largest absolute Gasteiger partial charge is 0.466 e. The molecule has 29 heavy (non-hydrogen) atoms. The molecule has 8 heteroatoms. The first-order chi connectivity index (χ1) is 14.0. The van der Waals surface area contributed by atoms with Crippen LogP contribution in [0.4, 0.5) is 5.13 Å². The van der Waals surface area contributed by atoms with E-state index in [-0.39, 0.29) is 5.91 Å². The molecule has 0 bridgehead atoms. The predicted molar refractivity (Wildman–Crippen MR) is 116 cm³/mol. The van der Waals surface area contributed by atoms with Crippen LogP contribution >= 0.6 is 22.9 Å². The normalized spacial score (nSPS) is 15.1. The van der Waals surface area contributed by atoms with Crippen molar-refractivity contribution < 1.29 is 13.9 Å². The van der Waals surface area contributed by atoms with Crippen molar-refractivity contribution >= 4 is 44.2 Å². The highest BCUT2D eigenvalue weighted by atomic mass is 35.5. The minimum absolute atomic E-state index is 0.0866. The van der Waals surface area contributed by atoms with Gasteiger partial charge in [-0.05, 0) is 38.5 Å². The number of fused-ring (bicyclic) bond motifs is 1. The fourth-order valence-electron chi connectivity index (χ4n) is 3.57. The van der Waals surface area contributed by atoms with E-state index in [1.54, 1.807) is 11.0 Å². The number of furan rings is 1. The van der Waals surface area contributed by atoms with Crippen LogP contribution < -0.4 is 4.90 Å². The number of halogens is 1. The number of hydrogen-bond acceptors (Lipinski definition) is 6. The average Bonchev–Trinajstić information content (AvgIpc) is 3.29. The summed E-state index contributed by atoms with van der Waals surface area (Å²) in [6.45, 7) is 8.58. The van der Waals surface area contributed by atoms with Crippen LogP contribution in [0.2, 0.25) is 5.02 Å². The van der Waals surface area contributed by atoms with Gasteiger partial charge in [0.1, 0.15) is 17.0 Å². The zero-order valence-corrected chi connectivity index (χ0v) is 18.2. The molecule has 0 N–H and O–H groups in total. The molecule has 0 saturated carbocycles. The molecule has 2 aromatic heterocycles. The quantitative estimate of drug-likeness (QED) is 0.571. The van der Waals surface area contributed by atoms with Gasteiger partial charge in [0.25, 0.3) is 5.91 Å². The zero-order valence-electron chi connectivity index (χ0n) is 16.6. The Bertz CT molecular complexity index is 1010. The third kappa shape index (κ3) is 4.48. The van der Waals surface area contributed by atoms with Crippen LogP contribution in [0.5, 0.6) is 0 Å². The van der Waals surface area contributed by atoms with Gasteiger partial charge in [-0.15, -0.1) is 0 Å². The molecule has 0 atom stereocenters. The van der Waals surface area contributed by atoms with Crippen molar-refractivity contribution in [3.63, 3.8) is 0 Å². The molecule has 4 rings (SSSR count). The molecule has 1 aliphatic heterocycles. The van der Waals surface area contributed by atoms with E-state index in [9.17, 15) is 4.79 Å². The average molecular weight is 434 g/mol. The summed E-state index contributed by atoms with van der Waals surface area (Å²) in [4.78, 5) is 22.2. The first-order valence-electron chi connectivity index (χ1n) is 9.77. The number of hydrogen-bond donors (Lipinski definition) is 0. The van der Waals surface area contributed by atoms with Gasteiger partial charge in [0, 0.05) is 26.2 Å². The van der Waals surface area contributed by atoms with E-state index in [0.29, 0.717) is 28.0 Å². The van der Waals surface area contributed by atoms with Crippen molar-refractivity contribution in [2.75, 3.05) is 44.3 Å². The summed E-state index contributed by atoms with van der Waals surface area (Å²) < 4.78 is 12.0. The number of rotatable bonds is 6. The maximum atomic E-state index is 13.4. The van der Waals surface area contributed by atoms with Gasteiger partial charge in [0.05, 0.1) is 28.5 Å². The first-order valence-corrected chi connectivity index (χ1v) is 11.0. The molecular weight excluding hydrogens is 410 g/mol. The summed E-state index contributed by atoms with van der Waals surface area (Å²) in [5.74, 6) is 1.27. The third-order valence-corrected chi connectivity index (χ3v) is 6.41. The number of anilines is 1. The van der Waals surface area contributed by atoms with Crippen molar-refractivity contribution in [2.45, 2.75) is 20.3 Å². The summed E-state index contributed by atoms with van der Waals surface area (Å²) in [5.41, 5.74) is 1.32. The molecule has 0 unspecified atom stereocenters. The molecule has 1 saturated heterocycles. The SMILES string of the molecule is Cc1cc(C(=O)N(CCCN2CCOCC2)c2nc3c(Cl)cccc3s2)c(C)o1. The van der Waals surface area contributed by atoms with Gasteiger partial charge >= 0.3 is 0 Å². The lowest BCUT2D eigenvalue weighted by Crippen LogP contribution is -2.39. The highest BCUT2D eigenvalue weighted by Gasteiger charge is 2.25. The van der Waals surface area contributed by atoms with Crippen molar-refractivity contribution in [1.82, 2.24) is 9.88 Å². The van der Waals surface area contributed by atoms with Gasteiger partial charge < -0.3 is 9.15 Å². The number of aromatic nitrogens is 1. The number of nitrogens with zero attached hydrogens (tertiary/aromatic N) is 3. The van der Waals surface area contributed by atoms with E-state index in [2.05, 4.69) is 9.88 Å². The van der Waals surface area contributed by atoms with E-state index in [0.717, 1.165) is 55.2 Å². The fourth-order valence-corrected chi connectivity index (χ4v) is 4.86. The molecule has 154 valence electrons. The summed E-state index contributed by atoms with van der Waals surface area (Å²) >= 11 is 7.80.